The molecule has 0 saturated heterocycles. The van der Waals surface area contributed by atoms with E-state index in [0.717, 1.165) is 11.1 Å². The summed E-state index contributed by atoms with van der Waals surface area (Å²) in [5.41, 5.74) is 3.91. The Labute approximate surface area is 109 Å². The van der Waals surface area contributed by atoms with E-state index in [0.29, 0.717) is 0 Å². The standard InChI is InChI=1S/C15H11NOS/c17-14(12-6-2-1-3-7-12)10-16-11-18-15-9-5-4-8-13(15)16/h1-11H/p+1/b14-10-. The Balaban J connectivity index is 2.06. The third-order valence-electron chi connectivity index (χ3n) is 2.77. The predicted octanol–water partition coefficient (Wildman–Crippen LogP) is 3.70. The molecule has 2 nitrogen and oxygen atoms in total. The lowest BCUT2D eigenvalue weighted by molar-refractivity contribution is -0.533. The molecular weight excluding hydrogens is 242 g/mol. The minimum atomic E-state index is 0.268. The van der Waals surface area contributed by atoms with Gasteiger partial charge < -0.3 is 5.11 Å². The minimum absolute atomic E-state index is 0.268. The first kappa shape index (κ1) is 11.0. The average molecular weight is 254 g/mol. The highest BCUT2D eigenvalue weighted by molar-refractivity contribution is 7.16. The van der Waals surface area contributed by atoms with Gasteiger partial charge in [-0.1, -0.05) is 53.8 Å². The summed E-state index contributed by atoms with van der Waals surface area (Å²) < 4.78 is 3.15. The van der Waals surface area contributed by atoms with Crippen molar-refractivity contribution in [1.29, 1.82) is 0 Å². The van der Waals surface area contributed by atoms with Crippen molar-refractivity contribution >= 4 is 33.5 Å². The van der Waals surface area contributed by atoms with Gasteiger partial charge in [0.25, 0.3) is 0 Å². The van der Waals surface area contributed by atoms with Gasteiger partial charge in [0.1, 0.15) is 4.70 Å². The summed E-state index contributed by atoms with van der Waals surface area (Å²) in [6.45, 7) is 0. The summed E-state index contributed by atoms with van der Waals surface area (Å²) in [5.74, 6) is 0.268. The Kier molecular flexibility index (Phi) is 2.82. The van der Waals surface area contributed by atoms with Crippen molar-refractivity contribution in [3.05, 3.63) is 65.7 Å². The van der Waals surface area contributed by atoms with Crippen LogP contribution in [-0.4, -0.2) is 5.11 Å². The van der Waals surface area contributed by atoms with Crippen LogP contribution in [0, 0.1) is 0 Å². The van der Waals surface area contributed by atoms with Crippen molar-refractivity contribution in [2.45, 2.75) is 0 Å². The second-order valence-corrected chi connectivity index (χ2v) is 4.86. The van der Waals surface area contributed by atoms with E-state index in [1.807, 2.05) is 58.6 Å². The maximum atomic E-state index is 10.1. The largest absolute Gasteiger partial charge is 0.502 e. The van der Waals surface area contributed by atoms with Gasteiger partial charge >= 0.3 is 0 Å². The zero-order valence-electron chi connectivity index (χ0n) is 9.65. The van der Waals surface area contributed by atoms with Crippen LogP contribution in [0.25, 0.3) is 22.2 Å². The number of aliphatic hydroxyl groups excluding tert-OH is 1. The molecule has 1 heterocycles. The maximum absolute atomic E-state index is 10.1. The second-order valence-electron chi connectivity index (χ2n) is 3.98. The molecule has 0 bridgehead atoms. The lowest BCUT2D eigenvalue weighted by Crippen LogP contribution is -2.23. The van der Waals surface area contributed by atoms with Crippen molar-refractivity contribution in [3.8, 4) is 0 Å². The number of fused-ring (bicyclic) bond motifs is 1. The van der Waals surface area contributed by atoms with Gasteiger partial charge in [-0.3, -0.25) is 0 Å². The van der Waals surface area contributed by atoms with Gasteiger partial charge in [0.2, 0.25) is 17.2 Å². The van der Waals surface area contributed by atoms with Gasteiger partial charge in [-0.05, 0) is 6.07 Å². The summed E-state index contributed by atoms with van der Waals surface area (Å²) in [5, 5.41) is 10.1. The fourth-order valence-electron chi connectivity index (χ4n) is 1.86. The fraction of sp³-hybridized carbons (Fsp3) is 0. The third kappa shape index (κ3) is 2.00. The van der Waals surface area contributed by atoms with Crippen LogP contribution in [0.4, 0.5) is 0 Å². The molecule has 1 aromatic heterocycles. The highest BCUT2D eigenvalue weighted by atomic mass is 32.1. The Morgan fingerprint density at radius 1 is 1.00 bits per heavy atom. The van der Waals surface area contributed by atoms with Crippen LogP contribution in [0.3, 0.4) is 0 Å². The molecule has 0 atom stereocenters. The first-order valence-electron chi connectivity index (χ1n) is 5.68. The van der Waals surface area contributed by atoms with Crippen LogP contribution in [0.1, 0.15) is 5.56 Å². The minimum Gasteiger partial charge on any atom is -0.502 e. The van der Waals surface area contributed by atoms with E-state index >= 15 is 0 Å². The van der Waals surface area contributed by atoms with E-state index in [1.54, 1.807) is 17.5 Å². The third-order valence-corrected chi connectivity index (χ3v) is 3.70. The van der Waals surface area contributed by atoms with E-state index < -0.39 is 0 Å². The molecule has 0 amide bonds. The number of hydrogen-bond acceptors (Lipinski definition) is 2. The molecule has 3 rings (SSSR count). The first-order valence-corrected chi connectivity index (χ1v) is 6.56. The molecule has 3 heteroatoms. The predicted molar refractivity (Wildman–Crippen MR) is 75.3 cm³/mol. The molecule has 2 aromatic carbocycles. The Bertz CT molecular complexity index is 701. The number of thiazole rings is 1. The van der Waals surface area contributed by atoms with E-state index in [4.69, 9.17) is 0 Å². The highest BCUT2D eigenvalue weighted by Gasteiger charge is 2.10. The van der Waals surface area contributed by atoms with Crippen LogP contribution < -0.4 is 4.57 Å². The van der Waals surface area contributed by atoms with E-state index in [2.05, 4.69) is 6.07 Å². The summed E-state index contributed by atoms with van der Waals surface area (Å²) in [4.78, 5) is 0. The van der Waals surface area contributed by atoms with Gasteiger partial charge in [-0.15, -0.1) is 0 Å². The zero-order chi connectivity index (χ0) is 12.4. The second kappa shape index (κ2) is 4.63. The average Bonchev–Trinajstić information content (AvgIpc) is 2.83. The number of hydrogen-bond donors (Lipinski definition) is 1. The van der Waals surface area contributed by atoms with Crippen LogP contribution in [0.5, 0.6) is 0 Å². The van der Waals surface area contributed by atoms with Crippen LogP contribution in [-0.2, 0) is 0 Å². The number of aromatic nitrogens is 1. The number of benzene rings is 2. The van der Waals surface area contributed by atoms with Gasteiger partial charge in [-0.2, -0.15) is 4.57 Å². The lowest BCUT2D eigenvalue weighted by atomic mass is 10.2. The summed E-state index contributed by atoms with van der Waals surface area (Å²) in [6, 6.07) is 17.7. The number of para-hydroxylation sites is 1. The van der Waals surface area contributed by atoms with Crippen molar-refractivity contribution in [3.63, 3.8) is 0 Å². The van der Waals surface area contributed by atoms with Crippen molar-refractivity contribution in [1.82, 2.24) is 0 Å². The smallest absolute Gasteiger partial charge is 0.231 e. The first-order chi connectivity index (χ1) is 8.84. The molecule has 3 aromatic rings. The normalized spacial score (nSPS) is 11.9. The van der Waals surface area contributed by atoms with Crippen molar-refractivity contribution in [2.24, 2.45) is 0 Å². The summed E-state index contributed by atoms with van der Waals surface area (Å²) >= 11 is 1.66. The van der Waals surface area contributed by atoms with Crippen LogP contribution >= 0.6 is 11.3 Å². The molecule has 0 aliphatic heterocycles. The van der Waals surface area contributed by atoms with E-state index in [9.17, 15) is 5.11 Å². The Morgan fingerprint density at radius 3 is 2.56 bits per heavy atom. The molecule has 0 fully saturated rings. The lowest BCUT2D eigenvalue weighted by Gasteiger charge is -1.95. The summed E-state index contributed by atoms with van der Waals surface area (Å²) in [7, 11) is 0. The molecule has 0 aliphatic rings. The summed E-state index contributed by atoms with van der Waals surface area (Å²) in [6.07, 6.45) is 1.74. The van der Waals surface area contributed by atoms with E-state index in [1.165, 1.54) is 4.70 Å². The van der Waals surface area contributed by atoms with Gasteiger partial charge in [0, 0.05) is 11.6 Å². The molecule has 0 spiro atoms. The number of rotatable bonds is 2. The number of nitrogens with zero attached hydrogens (tertiary/aromatic N) is 1. The maximum Gasteiger partial charge on any atom is 0.231 e. The number of aliphatic hydroxyl groups is 1. The SMILES string of the molecule is O/C(=C\[n+]1csc2ccccc21)c1ccccc1. The quantitative estimate of drug-likeness (QED) is 0.547. The van der Waals surface area contributed by atoms with Gasteiger partial charge in [0.05, 0.1) is 0 Å². The van der Waals surface area contributed by atoms with Crippen molar-refractivity contribution < 1.29 is 9.67 Å². The molecule has 0 aliphatic carbocycles. The van der Waals surface area contributed by atoms with Crippen LogP contribution in [0.15, 0.2) is 60.1 Å². The van der Waals surface area contributed by atoms with Gasteiger partial charge in [-0.25, -0.2) is 0 Å². The molecular formula is C15H12NOS+. The molecule has 88 valence electrons. The Hall–Kier alpha value is -2.13. The fourth-order valence-corrected chi connectivity index (χ4v) is 2.71. The molecule has 0 saturated carbocycles. The molecule has 0 radical (unpaired) electrons. The monoisotopic (exact) mass is 254 g/mol. The zero-order valence-corrected chi connectivity index (χ0v) is 10.5. The molecule has 0 unspecified atom stereocenters. The van der Waals surface area contributed by atoms with E-state index in [-0.39, 0.29) is 5.76 Å². The molecule has 18 heavy (non-hydrogen) atoms. The Morgan fingerprint density at radius 2 is 1.72 bits per heavy atom. The van der Waals surface area contributed by atoms with Crippen LogP contribution in [0.2, 0.25) is 0 Å². The molecule has 1 N–H and O–H groups in total. The van der Waals surface area contributed by atoms with Crippen molar-refractivity contribution in [2.75, 3.05) is 0 Å². The van der Waals surface area contributed by atoms with Gasteiger partial charge in [0.15, 0.2) is 5.76 Å². The highest BCUT2D eigenvalue weighted by Crippen LogP contribution is 2.16. The topological polar surface area (TPSA) is 24.1 Å².